The Kier molecular flexibility index (Phi) is 4.20. The molecule has 1 unspecified atom stereocenters. The first kappa shape index (κ1) is 14.1. The van der Waals surface area contributed by atoms with Gasteiger partial charge in [0.1, 0.15) is 5.01 Å². The third-order valence-electron chi connectivity index (χ3n) is 3.76. The fourth-order valence-corrected chi connectivity index (χ4v) is 3.33. The van der Waals surface area contributed by atoms with Gasteiger partial charge >= 0.3 is 0 Å². The minimum absolute atomic E-state index is 0.00879. The van der Waals surface area contributed by atoms with E-state index >= 15 is 0 Å². The molecule has 0 spiro atoms. The number of carbonyl (C=O) groups excluding carboxylic acids is 1. The number of thiazole rings is 1. The van der Waals surface area contributed by atoms with Crippen LogP contribution in [0.4, 0.5) is 5.69 Å². The van der Waals surface area contributed by atoms with Gasteiger partial charge in [-0.3, -0.25) is 4.79 Å². The van der Waals surface area contributed by atoms with Crippen LogP contribution in [0.5, 0.6) is 0 Å². The summed E-state index contributed by atoms with van der Waals surface area (Å²) in [5.41, 5.74) is 2.36. The second kappa shape index (κ2) is 6.26. The average Bonchev–Trinajstić information content (AvgIpc) is 3.00. The Morgan fingerprint density at radius 3 is 3.14 bits per heavy atom. The van der Waals surface area contributed by atoms with Crippen LogP contribution in [-0.2, 0) is 24.2 Å². The SMILES string of the molecule is CCc1cnc(CNC(=O)C2CNc3ccccc3C2)s1. The Hall–Kier alpha value is -1.88. The molecule has 2 heterocycles. The average molecular weight is 301 g/mol. The van der Waals surface area contributed by atoms with Crippen molar-refractivity contribution in [2.45, 2.75) is 26.3 Å². The van der Waals surface area contributed by atoms with Gasteiger partial charge in [-0.05, 0) is 24.5 Å². The molecule has 0 saturated carbocycles. The number of hydrogen-bond acceptors (Lipinski definition) is 4. The summed E-state index contributed by atoms with van der Waals surface area (Å²) in [7, 11) is 0. The predicted octanol–water partition coefficient (Wildman–Crippen LogP) is 2.61. The Morgan fingerprint density at radius 1 is 1.48 bits per heavy atom. The van der Waals surface area contributed by atoms with Crippen LogP contribution >= 0.6 is 11.3 Å². The van der Waals surface area contributed by atoms with Gasteiger partial charge in [-0.1, -0.05) is 25.1 Å². The number of aryl methyl sites for hydroxylation is 1. The van der Waals surface area contributed by atoms with E-state index in [9.17, 15) is 4.79 Å². The highest BCUT2D eigenvalue weighted by Gasteiger charge is 2.24. The van der Waals surface area contributed by atoms with Gasteiger partial charge < -0.3 is 10.6 Å². The number of amides is 1. The predicted molar refractivity (Wildman–Crippen MR) is 85.5 cm³/mol. The number of nitrogens with zero attached hydrogens (tertiary/aromatic N) is 1. The third-order valence-corrected chi connectivity index (χ3v) is 4.90. The highest BCUT2D eigenvalue weighted by molar-refractivity contribution is 7.11. The van der Waals surface area contributed by atoms with E-state index in [1.54, 1.807) is 11.3 Å². The van der Waals surface area contributed by atoms with Crippen molar-refractivity contribution in [3.8, 4) is 0 Å². The lowest BCUT2D eigenvalue weighted by molar-refractivity contribution is -0.124. The lowest BCUT2D eigenvalue weighted by Crippen LogP contribution is -2.37. The minimum Gasteiger partial charge on any atom is -0.384 e. The van der Waals surface area contributed by atoms with E-state index in [2.05, 4.69) is 34.7 Å². The standard InChI is InChI=1S/C16H19N3OS/c1-2-13-9-18-15(21-13)10-19-16(20)12-7-11-5-3-4-6-14(11)17-8-12/h3-6,9,12,17H,2,7-8,10H2,1H3,(H,19,20). The molecule has 0 radical (unpaired) electrons. The van der Waals surface area contributed by atoms with E-state index in [1.165, 1.54) is 10.4 Å². The van der Waals surface area contributed by atoms with Gasteiger partial charge in [0, 0.05) is 23.3 Å². The zero-order valence-electron chi connectivity index (χ0n) is 12.1. The molecule has 0 fully saturated rings. The lowest BCUT2D eigenvalue weighted by Gasteiger charge is -2.25. The molecule has 21 heavy (non-hydrogen) atoms. The summed E-state index contributed by atoms with van der Waals surface area (Å²) in [4.78, 5) is 17.9. The van der Waals surface area contributed by atoms with Crippen molar-refractivity contribution in [2.24, 2.45) is 5.92 Å². The van der Waals surface area contributed by atoms with Crippen LogP contribution in [0.25, 0.3) is 0 Å². The Balaban J connectivity index is 1.57. The molecule has 110 valence electrons. The van der Waals surface area contributed by atoms with E-state index in [4.69, 9.17) is 0 Å². The van der Waals surface area contributed by atoms with Crippen molar-refractivity contribution >= 4 is 22.9 Å². The van der Waals surface area contributed by atoms with Crippen molar-refractivity contribution in [1.82, 2.24) is 10.3 Å². The first-order chi connectivity index (χ1) is 10.3. The second-order valence-corrected chi connectivity index (χ2v) is 6.43. The molecule has 5 heteroatoms. The topological polar surface area (TPSA) is 54.0 Å². The van der Waals surface area contributed by atoms with Crippen LogP contribution in [-0.4, -0.2) is 17.4 Å². The maximum Gasteiger partial charge on any atom is 0.225 e. The molecule has 0 saturated heterocycles. The van der Waals surface area contributed by atoms with E-state index in [0.29, 0.717) is 13.1 Å². The number of nitrogens with one attached hydrogen (secondary N) is 2. The highest BCUT2D eigenvalue weighted by atomic mass is 32.1. The third kappa shape index (κ3) is 3.24. The maximum atomic E-state index is 12.3. The molecule has 3 rings (SSSR count). The second-order valence-electron chi connectivity index (χ2n) is 5.23. The van der Waals surface area contributed by atoms with Crippen molar-refractivity contribution in [1.29, 1.82) is 0 Å². The summed E-state index contributed by atoms with van der Waals surface area (Å²) in [5.74, 6) is 0.0933. The van der Waals surface area contributed by atoms with Gasteiger partial charge in [-0.15, -0.1) is 11.3 Å². The number of aromatic nitrogens is 1. The van der Waals surface area contributed by atoms with Gasteiger partial charge in [0.15, 0.2) is 0 Å². The highest BCUT2D eigenvalue weighted by Crippen LogP contribution is 2.24. The normalized spacial score (nSPS) is 16.9. The first-order valence-corrected chi connectivity index (χ1v) is 8.11. The molecule has 1 amide bonds. The van der Waals surface area contributed by atoms with E-state index in [1.807, 2.05) is 18.3 Å². The fraction of sp³-hybridized carbons (Fsp3) is 0.375. The largest absolute Gasteiger partial charge is 0.384 e. The van der Waals surface area contributed by atoms with E-state index in [0.717, 1.165) is 23.5 Å². The molecule has 0 aliphatic carbocycles. The fourth-order valence-electron chi connectivity index (χ4n) is 2.53. The molecule has 0 bridgehead atoms. The van der Waals surface area contributed by atoms with Gasteiger partial charge in [0.2, 0.25) is 5.91 Å². The quantitative estimate of drug-likeness (QED) is 0.912. The summed E-state index contributed by atoms with van der Waals surface area (Å²) in [5, 5.41) is 7.31. The Bertz CT molecular complexity index is 638. The number of carbonyl (C=O) groups is 1. The van der Waals surface area contributed by atoms with E-state index in [-0.39, 0.29) is 11.8 Å². The van der Waals surface area contributed by atoms with Crippen molar-refractivity contribution in [2.75, 3.05) is 11.9 Å². The lowest BCUT2D eigenvalue weighted by atomic mass is 9.93. The van der Waals surface area contributed by atoms with Crippen molar-refractivity contribution in [3.05, 3.63) is 45.9 Å². The van der Waals surface area contributed by atoms with Gasteiger partial charge in [-0.2, -0.15) is 0 Å². The summed E-state index contributed by atoms with van der Waals surface area (Å²) < 4.78 is 0. The number of anilines is 1. The molecule has 4 nitrogen and oxygen atoms in total. The van der Waals surface area contributed by atoms with Crippen molar-refractivity contribution in [3.63, 3.8) is 0 Å². The van der Waals surface area contributed by atoms with Gasteiger partial charge in [0.25, 0.3) is 0 Å². The van der Waals surface area contributed by atoms with Crippen LogP contribution in [0.2, 0.25) is 0 Å². The van der Waals surface area contributed by atoms with Gasteiger partial charge in [-0.25, -0.2) is 4.98 Å². The summed E-state index contributed by atoms with van der Waals surface area (Å²) in [6, 6.07) is 8.17. The Morgan fingerprint density at radius 2 is 2.33 bits per heavy atom. The molecule has 1 aliphatic heterocycles. The van der Waals surface area contributed by atoms with Crippen LogP contribution in [0.1, 0.15) is 22.4 Å². The zero-order chi connectivity index (χ0) is 14.7. The number of fused-ring (bicyclic) bond motifs is 1. The van der Waals surface area contributed by atoms with Crippen LogP contribution < -0.4 is 10.6 Å². The maximum absolute atomic E-state index is 12.3. The van der Waals surface area contributed by atoms with Crippen LogP contribution in [0, 0.1) is 5.92 Å². The van der Waals surface area contributed by atoms with Gasteiger partial charge in [0.05, 0.1) is 12.5 Å². The number of hydrogen-bond donors (Lipinski definition) is 2. The molecule has 1 atom stereocenters. The molecule has 1 aromatic carbocycles. The molecule has 2 aromatic rings. The van der Waals surface area contributed by atoms with Crippen LogP contribution in [0.3, 0.4) is 0 Å². The summed E-state index contributed by atoms with van der Waals surface area (Å²) >= 11 is 1.67. The van der Waals surface area contributed by atoms with E-state index < -0.39 is 0 Å². The van der Waals surface area contributed by atoms with Crippen LogP contribution in [0.15, 0.2) is 30.5 Å². The van der Waals surface area contributed by atoms with Crippen molar-refractivity contribution < 1.29 is 4.79 Å². The molecule has 2 N–H and O–H groups in total. The zero-order valence-corrected chi connectivity index (χ0v) is 12.9. The minimum atomic E-state index is -0.00879. The molecular weight excluding hydrogens is 282 g/mol. The smallest absolute Gasteiger partial charge is 0.225 e. The molecule has 1 aromatic heterocycles. The number of para-hydroxylation sites is 1. The summed E-state index contributed by atoms with van der Waals surface area (Å²) in [6.07, 6.45) is 3.69. The Labute approximate surface area is 128 Å². The molecular formula is C16H19N3OS. The monoisotopic (exact) mass is 301 g/mol. The number of benzene rings is 1. The first-order valence-electron chi connectivity index (χ1n) is 7.29. The number of rotatable bonds is 4. The summed E-state index contributed by atoms with van der Waals surface area (Å²) in [6.45, 7) is 3.34. The molecule has 1 aliphatic rings.